The summed E-state index contributed by atoms with van der Waals surface area (Å²) in [5.74, 6) is 0.667. The van der Waals surface area contributed by atoms with Gasteiger partial charge in [0.25, 0.3) is 0 Å². The number of thioether (sulfide) groups is 1. The lowest BCUT2D eigenvalue weighted by Crippen LogP contribution is -2.34. The first-order valence-electron chi connectivity index (χ1n) is 4.26. The lowest BCUT2D eigenvalue weighted by molar-refractivity contribution is -0.138. The fourth-order valence-corrected chi connectivity index (χ4v) is 2.65. The van der Waals surface area contributed by atoms with Crippen LogP contribution in [-0.2, 0) is 11.8 Å². The largest absolute Gasteiger partial charge is 0.480 e. The van der Waals surface area contributed by atoms with E-state index in [1.54, 1.807) is 18.0 Å². The summed E-state index contributed by atoms with van der Waals surface area (Å²) in [6, 6.07) is -0.457. The number of aryl methyl sites for hydroxylation is 1. The molecule has 5 nitrogen and oxygen atoms in total. The van der Waals surface area contributed by atoms with E-state index in [0.29, 0.717) is 5.75 Å². The van der Waals surface area contributed by atoms with Gasteiger partial charge in [-0.05, 0) is 0 Å². The predicted molar refractivity (Wildman–Crippen MR) is 53.0 cm³/mol. The minimum Gasteiger partial charge on any atom is -0.480 e. The summed E-state index contributed by atoms with van der Waals surface area (Å²) in [5.41, 5.74) is 0. The number of hydrogen-bond donors (Lipinski definition) is 2. The van der Waals surface area contributed by atoms with Crippen LogP contribution < -0.4 is 5.32 Å². The van der Waals surface area contributed by atoms with Crippen molar-refractivity contribution in [1.29, 1.82) is 0 Å². The molecule has 0 spiro atoms. The molecule has 2 rings (SSSR count). The van der Waals surface area contributed by atoms with Gasteiger partial charge in [0.15, 0.2) is 0 Å². The second-order valence-electron chi connectivity index (χ2n) is 3.17. The monoisotopic (exact) mass is 213 g/mol. The molecule has 2 N–H and O–H groups in total. The molecule has 0 saturated carbocycles. The van der Waals surface area contributed by atoms with E-state index in [2.05, 4.69) is 10.3 Å². The minimum absolute atomic E-state index is 0.00361. The van der Waals surface area contributed by atoms with Crippen LogP contribution in [0.15, 0.2) is 12.4 Å². The number of rotatable bonds is 2. The van der Waals surface area contributed by atoms with Gasteiger partial charge in [-0.25, -0.2) is 4.98 Å². The highest BCUT2D eigenvalue weighted by Crippen LogP contribution is 2.31. The molecule has 2 atom stereocenters. The third-order valence-electron chi connectivity index (χ3n) is 2.17. The van der Waals surface area contributed by atoms with Crippen LogP contribution in [0, 0.1) is 0 Å². The third kappa shape index (κ3) is 1.62. The number of imidazole rings is 1. The van der Waals surface area contributed by atoms with Gasteiger partial charge in [0.2, 0.25) is 0 Å². The van der Waals surface area contributed by atoms with Gasteiger partial charge in [0.05, 0.1) is 0 Å². The van der Waals surface area contributed by atoms with Crippen molar-refractivity contribution in [1.82, 2.24) is 14.9 Å². The second-order valence-corrected chi connectivity index (χ2v) is 4.31. The zero-order valence-corrected chi connectivity index (χ0v) is 8.49. The molecule has 1 saturated heterocycles. The van der Waals surface area contributed by atoms with Crippen LogP contribution >= 0.6 is 11.8 Å². The van der Waals surface area contributed by atoms with Crippen LogP contribution in [-0.4, -0.2) is 32.4 Å². The standard InChI is InChI=1S/C8H11N3O2S/c1-11-3-2-9-6(11)7-10-5(4-14-7)8(12)13/h2-3,5,7,10H,4H2,1H3,(H,12,13)/t5-,7?/m1/s1. The maximum absolute atomic E-state index is 10.7. The second kappa shape index (κ2) is 3.62. The molecule has 14 heavy (non-hydrogen) atoms. The average molecular weight is 213 g/mol. The summed E-state index contributed by atoms with van der Waals surface area (Å²) in [4.78, 5) is 14.9. The lowest BCUT2D eigenvalue weighted by Gasteiger charge is -2.10. The van der Waals surface area contributed by atoms with Crippen LogP contribution in [0.4, 0.5) is 0 Å². The fourth-order valence-electron chi connectivity index (χ4n) is 1.39. The van der Waals surface area contributed by atoms with E-state index >= 15 is 0 Å². The Morgan fingerprint density at radius 1 is 1.86 bits per heavy atom. The van der Waals surface area contributed by atoms with Crippen molar-refractivity contribution in [2.75, 3.05) is 5.75 Å². The highest BCUT2D eigenvalue weighted by Gasteiger charge is 2.32. The molecule has 2 heterocycles. The molecule has 0 aliphatic carbocycles. The quantitative estimate of drug-likeness (QED) is 0.735. The van der Waals surface area contributed by atoms with Crippen molar-refractivity contribution in [2.24, 2.45) is 7.05 Å². The first kappa shape index (κ1) is 9.54. The van der Waals surface area contributed by atoms with E-state index in [0.717, 1.165) is 5.82 Å². The van der Waals surface area contributed by atoms with Crippen LogP contribution in [0.5, 0.6) is 0 Å². The Kier molecular flexibility index (Phi) is 2.47. The Hall–Kier alpha value is -1.01. The number of carbonyl (C=O) groups is 1. The van der Waals surface area contributed by atoms with Crippen molar-refractivity contribution in [3.63, 3.8) is 0 Å². The first-order valence-corrected chi connectivity index (χ1v) is 5.31. The highest BCUT2D eigenvalue weighted by molar-refractivity contribution is 7.99. The van der Waals surface area contributed by atoms with Crippen LogP contribution in [0.3, 0.4) is 0 Å². The Labute approximate surface area is 85.5 Å². The van der Waals surface area contributed by atoms with Gasteiger partial charge in [-0.2, -0.15) is 0 Å². The van der Waals surface area contributed by atoms with Gasteiger partial charge in [0.1, 0.15) is 17.2 Å². The van der Waals surface area contributed by atoms with Crippen molar-refractivity contribution < 1.29 is 9.90 Å². The van der Waals surface area contributed by atoms with Gasteiger partial charge in [-0.3, -0.25) is 10.1 Å². The smallest absolute Gasteiger partial charge is 0.321 e. The minimum atomic E-state index is -0.797. The number of aliphatic carboxylic acids is 1. The third-order valence-corrected chi connectivity index (χ3v) is 3.38. The average Bonchev–Trinajstić information content (AvgIpc) is 2.71. The van der Waals surface area contributed by atoms with Crippen LogP contribution in [0.2, 0.25) is 0 Å². The fraction of sp³-hybridized carbons (Fsp3) is 0.500. The van der Waals surface area contributed by atoms with E-state index in [-0.39, 0.29) is 5.37 Å². The molecule has 76 valence electrons. The molecule has 6 heteroatoms. The molecule has 0 radical (unpaired) electrons. The van der Waals surface area contributed by atoms with Gasteiger partial charge in [-0.1, -0.05) is 0 Å². The number of hydrogen-bond acceptors (Lipinski definition) is 4. The normalized spacial score (nSPS) is 26.6. The van der Waals surface area contributed by atoms with Crippen LogP contribution in [0.25, 0.3) is 0 Å². The molecule has 1 aromatic heterocycles. The summed E-state index contributed by atoms with van der Waals surface area (Å²) in [6.07, 6.45) is 3.57. The molecule has 1 fully saturated rings. The van der Waals surface area contributed by atoms with E-state index in [1.807, 2.05) is 17.8 Å². The lowest BCUT2D eigenvalue weighted by atomic mass is 10.3. The van der Waals surface area contributed by atoms with E-state index < -0.39 is 12.0 Å². The first-order chi connectivity index (χ1) is 6.68. The molecule has 1 aliphatic rings. The van der Waals surface area contributed by atoms with Gasteiger partial charge < -0.3 is 9.67 Å². The summed E-state index contributed by atoms with van der Waals surface area (Å²) in [5, 5.41) is 11.8. The van der Waals surface area contributed by atoms with Crippen molar-refractivity contribution in [2.45, 2.75) is 11.4 Å². The zero-order valence-electron chi connectivity index (χ0n) is 7.67. The summed E-state index contributed by atoms with van der Waals surface area (Å²) in [6.45, 7) is 0. The predicted octanol–water partition coefficient (Wildman–Crippen LogP) is 0.208. The molecule has 1 aromatic rings. The Morgan fingerprint density at radius 3 is 3.14 bits per heavy atom. The molecule has 1 aliphatic heterocycles. The van der Waals surface area contributed by atoms with Crippen molar-refractivity contribution in [3.8, 4) is 0 Å². The number of nitrogens with zero attached hydrogens (tertiary/aromatic N) is 2. The summed E-state index contributed by atoms with van der Waals surface area (Å²) >= 11 is 1.58. The molecule has 0 amide bonds. The van der Waals surface area contributed by atoms with E-state index in [9.17, 15) is 4.79 Å². The number of aromatic nitrogens is 2. The topological polar surface area (TPSA) is 67.2 Å². The number of carboxylic acid groups (broad SMARTS) is 1. The maximum Gasteiger partial charge on any atom is 0.321 e. The SMILES string of the molecule is Cn1ccnc1C1N[C@@H](C(=O)O)CS1. The van der Waals surface area contributed by atoms with Crippen molar-refractivity contribution >= 4 is 17.7 Å². The van der Waals surface area contributed by atoms with Crippen molar-refractivity contribution in [3.05, 3.63) is 18.2 Å². The number of nitrogens with one attached hydrogen (secondary N) is 1. The number of carboxylic acids is 1. The van der Waals surface area contributed by atoms with E-state index in [1.165, 1.54) is 0 Å². The van der Waals surface area contributed by atoms with Crippen LogP contribution in [0.1, 0.15) is 11.2 Å². The van der Waals surface area contributed by atoms with E-state index in [4.69, 9.17) is 5.11 Å². The molecule has 0 aromatic carbocycles. The highest BCUT2D eigenvalue weighted by atomic mass is 32.2. The van der Waals surface area contributed by atoms with Gasteiger partial charge in [0, 0.05) is 25.2 Å². The summed E-state index contributed by atoms with van der Waals surface area (Å²) < 4.78 is 1.90. The molecular weight excluding hydrogens is 202 g/mol. The Morgan fingerprint density at radius 2 is 2.64 bits per heavy atom. The molecular formula is C8H11N3O2S. The summed E-state index contributed by atoms with van der Waals surface area (Å²) in [7, 11) is 1.90. The Bertz CT molecular complexity index is 352. The van der Waals surface area contributed by atoms with Gasteiger partial charge >= 0.3 is 5.97 Å². The van der Waals surface area contributed by atoms with Gasteiger partial charge in [-0.15, -0.1) is 11.8 Å². The maximum atomic E-state index is 10.7. The Balaban J connectivity index is 2.10. The molecule has 0 bridgehead atoms. The molecule has 1 unspecified atom stereocenters. The zero-order chi connectivity index (χ0) is 10.1.